The molecule has 0 aliphatic carbocycles. The molecule has 114 valence electrons. The molecular formula is C18H20N2O2. The van der Waals surface area contributed by atoms with Crippen LogP contribution in [-0.4, -0.2) is 15.7 Å². The number of fused-ring (bicyclic) bond motifs is 1. The van der Waals surface area contributed by atoms with Crippen molar-refractivity contribution in [2.45, 2.75) is 19.9 Å². The van der Waals surface area contributed by atoms with Crippen LogP contribution in [0.2, 0.25) is 0 Å². The molecule has 0 unspecified atom stereocenters. The lowest BCUT2D eigenvalue weighted by Gasteiger charge is -2.07. The van der Waals surface area contributed by atoms with Gasteiger partial charge in [0.15, 0.2) is 0 Å². The van der Waals surface area contributed by atoms with Crippen LogP contribution < -0.4 is 10.4 Å². The fourth-order valence-corrected chi connectivity index (χ4v) is 2.69. The van der Waals surface area contributed by atoms with Crippen LogP contribution in [0.1, 0.15) is 18.9 Å². The molecule has 3 rings (SSSR count). The number of para-hydroxylation sites is 1. The SMILES string of the molecule is CCCOc1cccc2c1n(C)c(=O)n2Cc1ccccc1. The summed E-state index contributed by atoms with van der Waals surface area (Å²) in [5, 5.41) is 0. The molecule has 4 heteroatoms. The van der Waals surface area contributed by atoms with Gasteiger partial charge in [-0.3, -0.25) is 9.13 Å². The Morgan fingerprint density at radius 3 is 2.55 bits per heavy atom. The van der Waals surface area contributed by atoms with Gasteiger partial charge in [-0.05, 0) is 24.1 Å². The largest absolute Gasteiger partial charge is 0.491 e. The molecule has 22 heavy (non-hydrogen) atoms. The van der Waals surface area contributed by atoms with Crippen LogP contribution in [0.25, 0.3) is 11.0 Å². The summed E-state index contributed by atoms with van der Waals surface area (Å²) in [6.07, 6.45) is 0.940. The molecule has 0 aliphatic heterocycles. The van der Waals surface area contributed by atoms with E-state index in [0.717, 1.165) is 28.8 Å². The summed E-state index contributed by atoms with van der Waals surface area (Å²) in [7, 11) is 1.80. The Balaban J connectivity index is 2.11. The van der Waals surface area contributed by atoms with Crippen molar-refractivity contribution in [3.05, 3.63) is 64.6 Å². The van der Waals surface area contributed by atoms with Crippen molar-refractivity contribution >= 4 is 11.0 Å². The van der Waals surface area contributed by atoms with E-state index in [2.05, 4.69) is 6.92 Å². The average molecular weight is 296 g/mol. The number of aryl methyl sites for hydroxylation is 1. The number of aromatic nitrogens is 2. The van der Waals surface area contributed by atoms with E-state index in [1.807, 2.05) is 48.5 Å². The molecule has 0 saturated heterocycles. The van der Waals surface area contributed by atoms with Gasteiger partial charge >= 0.3 is 5.69 Å². The molecule has 0 fully saturated rings. The standard InChI is InChI=1S/C18H20N2O2/c1-3-12-22-16-11-7-10-15-17(16)19(2)18(21)20(15)13-14-8-5-4-6-9-14/h4-11H,3,12-13H2,1-2H3. The van der Waals surface area contributed by atoms with E-state index in [9.17, 15) is 4.79 Å². The zero-order chi connectivity index (χ0) is 15.5. The molecule has 0 N–H and O–H groups in total. The van der Waals surface area contributed by atoms with E-state index in [4.69, 9.17) is 4.74 Å². The molecule has 0 spiro atoms. The Morgan fingerprint density at radius 2 is 1.82 bits per heavy atom. The lowest BCUT2D eigenvalue weighted by Crippen LogP contribution is -2.22. The molecule has 4 nitrogen and oxygen atoms in total. The first kappa shape index (κ1) is 14.4. The summed E-state index contributed by atoms with van der Waals surface area (Å²) in [5.41, 5.74) is 2.85. The molecule has 0 bridgehead atoms. The van der Waals surface area contributed by atoms with E-state index >= 15 is 0 Å². The van der Waals surface area contributed by atoms with Gasteiger partial charge in [0.1, 0.15) is 11.3 Å². The Labute approximate surface area is 129 Å². The summed E-state index contributed by atoms with van der Waals surface area (Å²) in [6, 6.07) is 15.8. The van der Waals surface area contributed by atoms with Gasteiger partial charge in [0, 0.05) is 7.05 Å². The van der Waals surface area contributed by atoms with Gasteiger partial charge in [-0.2, -0.15) is 0 Å². The Bertz CT molecular complexity index is 831. The zero-order valence-corrected chi connectivity index (χ0v) is 13.0. The Morgan fingerprint density at radius 1 is 1.05 bits per heavy atom. The monoisotopic (exact) mass is 296 g/mol. The van der Waals surface area contributed by atoms with Crippen molar-refractivity contribution in [2.75, 3.05) is 6.61 Å². The van der Waals surface area contributed by atoms with E-state index in [1.165, 1.54) is 0 Å². The highest BCUT2D eigenvalue weighted by atomic mass is 16.5. The highest BCUT2D eigenvalue weighted by Gasteiger charge is 2.14. The molecule has 0 amide bonds. The molecule has 3 aromatic rings. The number of ether oxygens (including phenoxy) is 1. The number of hydrogen-bond donors (Lipinski definition) is 0. The van der Waals surface area contributed by atoms with Crippen LogP contribution >= 0.6 is 0 Å². The van der Waals surface area contributed by atoms with Crippen molar-refractivity contribution in [1.82, 2.24) is 9.13 Å². The van der Waals surface area contributed by atoms with E-state index in [1.54, 1.807) is 16.2 Å². The van der Waals surface area contributed by atoms with Crippen molar-refractivity contribution < 1.29 is 4.74 Å². The topological polar surface area (TPSA) is 36.2 Å². The maximum Gasteiger partial charge on any atom is 0.329 e. The van der Waals surface area contributed by atoms with Crippen LogP contribution in [0.3, 0.4) is 0 Å². The van der Waals surface area contributed by atoms with E-state index in [-0.39, 0.29) is 5.69 Å². The minimum absolute atomic E-state index is 0.0219. The minimum atomic E-state index is -0.0219. The van der Waals surface area contributed by atoms with Crippen LogP contribution in [0.15, 0.2) is 53.3 Å². The van der Waals surface area contributed by atoms with Crippen LogP contribution in [0.5, 0.6) is 5.75 Å². The first-order valence-corrected chi connectivity index (χ1v) is 7.57. The Kier molecular flexibility index (Phi) is 4.00. The van der Waals surface area contributed by atoms with Crippen LogP contribution in [0, 0.1) is 0 Å². The maximum atomic E-state index is 12.6. The molecule has 2 aromatic carbocycles. The fraction of sp³-hybridized carbons (Fsp3) is 0.278. The van der Waals surface area contributed by atoms with Gasteiger partial charge in [0.05, 0.1) is 18.7 Å². The first-order valence-electron chi connectivity index (χ1n) is 7.57. The summed E-state index contributed by atoms with van der Waals surface area (Å²) in [4.78, 5) is 12.6. The maximum absolute atomic E-state index is 12.6. The number of benzene rings is 2. The van der Waals surface area contributed by atoms with Gasteiger partial charge in [-0.25, -0.2) is 4.79 Å². The molecule has 0 atom stereocenters. The first-order chi connectivity index (χ1) is 10.7. The highest BCUT2D eigenvalue weighted by molar-refractivity contribution is 5.82. The Hall–Kier alpha value is -2.49. The van der Waals surface area contributed by atoms with Gasteiger partial charge in [-0.15, -0.1) is 0 Å². The predicted octanol–water partition coefficient (Wildman–Crippen LogP) is 3.18. The van der Waals surface area contributed by atoms with Crippen molar-refractivity contribution in [3.8, 4) is 5.75 Å². The van der Waals surface area contributed by atoms with Crippen LogP contribution in [0.4, 0.5) is 0 Å². The van der Waals surface area contributed by atoms with Gasteiger partial charge in [0.2, 0.25) is 0 Å². The van der Waals surface area contributed by atoms with Gasteiger partial charge in [0.25, 0.3) is 0 Å². The number of rotatable bonds is 5. The molecule has 0 saturated carbocycles. The van der Waals surface area contributed by atoms with Crippen molar-refractivity contribution in [1.29, 1.82) is 0 Å². The molecule has 1 heterocycles. The second kappa shape index (κ2) is 6.10. The smallest absolute Gasteiger partial charge is 0.329 e. The summed E-state index contributed by atoms with van der Waals surface area (Å²) < 4.78 is 9.26. The third kappa shape index (κ3) is 2.52. The van der Waals surface area contributed by atoms with Gasteiger partial charge < -0.3 is 4.74 Å². The summed E-state index contributed by atoms with van der Waals surface area (Å²) in [6.45, 7) is 3.28. The normalized spacial score (nSPS) is 11.0. The molecule has 0 radical (unpaired) electrons. The fourth-order valence-electron chi connectivity index (χ4n) is 2.69. The van der Waals surface area contributed by atoms with E-state index < -0.39 is 0 Å². The summed E-state index contributed by atoms with van der Waals surface area (Å²) >= 11 is 0. The zero-order valence-electron chi connectivity index (χ0n) is 13.0. The van der Waals surface area contributed by atoms with E-state index in [0.29, 0.717) is 13.2 Å². The molecule has 1 aromatic heterocycles. The predicted molar refractivity (Wildman–Crippen MR) is 88.5 cm³/mol. The summed E-state index contributed by atoms with van der Waals surface area (Å²) in [5.74, 6) is 0.769. The third-order valence-corrected chi connectivity index (χ3v) is 3.77. The lowest BCUT2D eigenvalue weighted by molar-refractivity contribution is 0.320. The average Bonchev–Trinajstić information content (AvgIpc) is 2.79. The number of hydrogen-bond acceptors (Lipinski definition) is 2. The van der Waals surface area contributed by atoms with Gasteiger partial charge in [-0.1, -0.05) is 43.3 Å². The molecule has 0 aliphatic rings. The number of nitrogens with zero attached hydrogens (tertiary/aromatic N) is 2. The molecular weight excluding hydrogens is 276 g/mol. The second-order valence-electron chi connectivity index (χ2n) is 5.39. The lowest BCUT2D eigenvalue weighted by atomic mass is 10.2. The quantitative estimate of drug-likeness (QED) is 0.725. The van der Waals surface area contributed by atoms with Crippen molar-refractivity contribution in [2.24, 2.45) is 7.05 Å². The second-order valence-corrected chi connectivity index (χ2v) is 5.39. The number of imidazole rings is 1. The van der Waals surface area contributed by atoms with Crippen molar-refractivity contribution in [3.63, 3.8) is 0 Å². The highest BCUT2D eigenvalue weighted by Crippen LogP contribution is 2.25. The van der Waals surface area contributed by atoms with Crippen LogP contribution in [-0.2, 0) is 13.6 Å². The third-order valence-electron chi connectivity index (χ3n) is 3.77. The minimum Gasteiger partial charge on any atom is -0.491 e.